The molecule has 1 N–H and O–H groups in total. The molecular weight excluding hydrogens is 398 g/mol. The Balaban J connectivity index is 1.59. The lowest BCUT2D eigenvalue weighted by Gasteiger charge is -2.10. The van der Waals surface area contributed by atoms with Crippen LogP contribution in [0.2, 0.25) is 5.02 Å². The zero-order valence-corrected chi connectivity index (χ0v) is 16.9. The zero-order chi connectivity index (χ0) is 19.9. The number of furan rings is 1. The second-order valence-corrected chi connectivity index (χ2v) is 7.82. The van der Waals surface area contributed by atoms with Gasteiger partial charge in [0.1, 0.15) is 11.5 Å². The molecule has 0 aliphatic carbocycles. The van der Waals surface area contributed by atoms with Crippen molar-refractivity contribution in [3.63, 3.8) is 0 Å². The van der Waals surface area contributed by atoms with Crippen LogP contribution in [0.1, 0.15) is 28.8 Å². The van der Waals surface area contributed by atoms with E-state index in [1.165, 1.54) is 0 Å². The largest absolute Gasteiger partial charge is 0.494 e. The zero-order valence-electron chi connectivity index (χ0n) is 15.3. The monoisotopic (exact) mass is 417 g/mol. The standard InChI is InChI=1S/C21H20ClNO4S/c1-2-26-19-6-4-3-5-15(19)13-23-21(24)20-12-9-17(27-20)14-28(25)18-10-7-16(22)8-11-18/h3-12H,2,13-14H2,1H3,(H,23,24)/t28-/m0/s1. The van der Waals surface area contributed by atoms with E-state index in [9.17, 15) is 9.00 Å². The molecule has 0 bridgehead atoms. The van der Waals surface area contributed by atoms with Crippen LogP contribution in [0.5, 0.6) is 5.75 Å². The van der Waals surface area contributed by atoms with Crippen LogP contribution >= 0.6 is 11.6 Å². The molecule has 1 aromatic heterocycles. The number of rotatable bonds is 8. The summed E-state index contributed by atoms with van der Waals surface area (Å²) < 4.78 is 23.5. The molecule has 146 valence electrons. The van der Waals surface area contributed by atoms with Crippen molar-refractivity contribution in [3.8, 4) is 5.75 Å². The van der Waals surface area contributed by atoms with Gasteiger partial charge in [-0.3, -0.25) is 9.00 Å². The lowest BCUT2D eigenvalue weighted by molar-refractivity contribution is 0.0921. The third kappa shape index (κ3) is 5.24. The van der Waals surface area contributed by atoms with E-state index in [2.05, 4.69) is 5.32 Å². The van der Waals surface area contributed by atoms with Gasteiger partial charge < -0.3 is 14.5 Å². The number of halogens is 1. The average Bonchev–Trinajstić information content (AvgIpc) is 3.16. The highest BCUT2D eigenvalue weighted by Gasteiger charge is 2.14. The van der Waals surface area contributed by atoms with Crippen LogP contribution in [0, 0.1) is 0 Å². The Labute approximate surface area is 171 Å². The fourth-order valence-electron chi connectivity index (χ4n) is 2.59. The second kappa shape index (κ2) is 9.57. The molecule has 28 heavy (non-hydrogen) atoms. The number of amides is 1. The summed E-state index contributed by atoms with van der Waals surface area (Å²) in [6.45, 7) is 2.78. The molecule has 1 atom stereocenters. The molecule has 0 fully saturated rings. The van der Waals surface area contributed by atoms with Crippen molar-refractivity contribution in [2.45, 2.75) is 24.1 Å². The van der Waals surface area contributed by atoms with E-state index in [4.69, 9.17) is 20.8 Å². The van der Waals surface area contributed by atoms with Gasteiger partial charge >= 0.3 is 0 Å². The van der Waals surface area contributed by atoms with Crippen LogP contribution in [0.15, 0.2) is 70.0 Å². The maximum atomic E-state index is 12.4. The first-order valence-electron chi connectivity index (χ1n) is 8.78. The molecule has 1 amide bonds. The fraction of sp³-hybridized carbons (Fsp3) is 0.190. The van der Waals surface area contributed by atoms with Crippen molar-refractivity contribution >= 4 is 28.3 Å². The summed E-state index contributed by atoms with van der Waals surface area (Å²) in [5.74, 6) is 1.24. The highest BCUT2D eigenvalue weighted by molar-refractivity contribution is 7.84. The van der Waals surface area contributed by atoms with Crippen LogP contribution in [-0.2, 0) is 23.1 Å². The summed E-state index contributed by atoms with van der Waals surface area (Å²) in [4.78, 5) is 13.0. The molecule has 2 aromatic carbocycles. The number of hydrogen-bond acceptors (Lipinski definition) is 4. The molecule has 0 saturated heterocycles. The number of carbonyl (C=O) groups is 1. The third-order valence-electron chi connectivity index (χ3n) is 3.95. The summed E-state index contributed by atoms with van der Waals surface area (Å²) >= 11 is 5.85. The van der Waals surface area contributed by atoms with Crippen molar-refractivity contribution in [2.24, 2.45) is 0 Å². The molecule has 1 heterocycles. The lowest BCUT2D eigenvalue weighted by atomic mass is 10.2. The Morgan fingerprint density at radius 2 is 1.86 bits per heavy atom. The smallest absolute Gasteiger partial charge is 0.287 e. The molecule has 0 radical (unpaired) electrons. The topological polar surface area (TPSA) is 68.5 Å². The number of carbonyl (C=O) groups excluding carboxylic acids is 1. The fourth-order valence-corrected chi connectivity index (χ4v) is 3.73. The van der Waals surface area contributed by atoms with Gasteiger partial charge in [0.25, 0.3) is 5.91 Å². The molecule has 5 nitrogen and oxygen atoms in total. The summed E-state index contributed by atoms with van der Waals surface area (Å²) in [6.07, 6.45) is 0. The van der Waals surface area contributed by atoms with Crippen molar-refractivity contribution < 1.29 is 18.2 Å². The highest BCUT2D eigenvalue weighted by Crippen LogP contribution is 2.19. The first kappa shape index (κ1) is 20.2. The molecule has 0 aliphatic rings. The van der Waals surface area contributed by atoms with Crippen molar-refractivity contribution in [3.05, 3.63) is 82.8 Å². The van der Waals surface area contributed by atoms with Gasteiger partial charge in [0.2, 0.25) is 0 Å². The Bertz CT molecular complexity index is 969. The first-order chi connectivity index (χ1) is 13.6. The van der Waals surface area contributed by atoms with E-state index >= 15 is 0 Å². The maximum Gasteiger partial charge on any atom is 0.287 e. The average molecular weight is 418 g/mol. The number of ether oxygens (including phenoxy) is 1. The van der Waals surface area contributed by atoms with Gasteiger partial charge in [-0.2, -0.15) is 0 Å². The molecule has 7 heteroatoms. The minimum absolute atomic E-state index is 0.178. The van der Waals surface area contributed by atoms with E-state index in [0.717, 1.165) is 11.3 Å². The van der Waals surface area contributed by atoms with Gasteiger partial charge in [0.05, 0.1) is 23.2 Å². The number of nitrogens with one attached hydrogen (secondary N) is 1. The minimum atomic E-state index is -1.28. The number of benzene rings is 2. The number of para-hydroxylation sites is 1. The van der Waals surface area contributed by atoms with Crippen molar-refractivity contribution in [1.82, 2.24) is 5.32 Å². The van der Waals surface area contributed by atoms with Crippen molar-refractivity contribution in [1.29, 1.82) is 0 Å². The quantitative estimate of drug-likeness (QED) is 0.583. The Morgan fingerprint density at radius 1 is 1.11 bits per heavy atom. The normalized spacial score (nSPS) is 11.8. The molecular formula is C21H20ClNO4S. The van der Waals surface area contributed by atoms with Gasteiger partial charge in [-0.05, 0) is 49.4 Å². The predicted molar refractivity (Wildman–Crippen MR) is 109 cm³/mol. The molecule has 0 spiro atoms. The van der Waals surface area contributed by atoms with Gasteiger partial charge in [-0.1, -0.05) is 29.8 Å². The summed E-state index contributed by atoms with van der Waals surface area (Å²) in [5.41, 5.74) is 0.883. The van der Waals surface area contributed by atoms with E-state index < -0.39 is 10.8 Å². The maximum absolute atomic E-state index is 12.4. The van der Waals surface area contributed by atoms with E-state index in [1.54, 1.807) is 36.4 Å². The van der Waals surface area contributed by atoms with Crippen LogP contribution in [0.25, 0.3) is 0 Å². The molecule has 0 unspecified atom stereocenters. The van der Waals surface area contributed by atoms with Crippen molar-refractivity contribution in [2.75, 3.05) is 6.61 Å². The molecule has 3 rings (SSSR count). The van der Waals surface area contributed by atoms with E-state index in [0.29, 0.717) is 28.8 Å². The summed E-state index contributed by atoms with van der Waals surface area (Å²) in [5, 5.41) is 3.40. The Kier molecular flexibility index (Phi) is 6.90. The summed E-state index contributed by atoms with van der Waals surface area (Å²) in [6, 6.07) is 17.6. The highest BCUT2D eigenvalue weighted by atomic mass is 35.5. The number of hydrogen-bond donors (Lipinski definition) is 1. The van der Waals surface area contributed by atoms with E-state index in [-0.39, 0.29) is 17.4 Å². The predicted octanol–water partition coefficient (Wildman–Crippen LogP) is 4.57. The third-order valence-corrected chi connectivity index (χ3v) is 5.54. The van der Waals surface area contributed by atoms with Gasteiger partial charge in [0.15, 0.2) is 5.76 Å². The van der Waals surface area contributed by atoms with Crippen LogP contribution in [-0.4, -0.2) is 16.7 Å². The molecule has 3 aromatic rings. The second-order valence-electron chi connectivity index (χ2n) is 5.93. The molecule has 0 saturated carbocycles. The van der Waals surface area contributed by atoms with Crippen LogP contribution in [0.4, 0.5) is 0 Å². The van der Waals surface area contributed by atoms with E-state index in [1.807, 2.05) is 31.2 Å². The lowest BCUT2D eigenvalue weighted by Crippen LogP contribution is -2.22. The molecule has 0 aliphatic heterocycles. The Morgan fingerprint density at radius 3 is 2.61 bits per heavy atom. The first-order valence-corrected chi connectivity index (χ1v) is 10.5. The summed E-state index contributed by atoms with van der Waals surface area (Å²) in [7, 11) is -1.28. The van der Waals surface area contributed by atoms with Crippen LogP contribution < -0.4 is 10.1 Å². The van der Waals surface area contributed by atoms with Gasteiger partial charge in [-0.25, -0.2) is 0 Å². The van der Waals surface area contributed by atoms with Crippen LogP contribution in [0.3, 0.4) is 0 Å². The van der Waals surface area contributed by atoms with Gasteiger partial charge in [-0.15, -0.1) is 0 Å². The Hall–Kier alpha value is -2.57. The SMILES string of the molecule is CCOc1ccccc1CNC(=O)c1ccc(C[S@](=O)c2ccc(Cl)cc2)o1. The van der Waals surface area contributed by atoms with Gasteiger partial charge in [0, 0.05) is 22.0 Å². The minimum Gasteiger partial charge on any atom is -0.494 e.